The number of anilines is 3. The highest BCUT2D eigenvalue weighted by molar-refractivity contribution is 7.90. The molecule has 4 aromatic rings. The minimum absolute atomic E-state index is 0.00882. The summed E-state index contributed by atoms with van der Waals surface area (Å²) in [5, 5.41) is 6.62. The van der Waals surface area contributed by atoms with E-state index in [0.717, 1.165) is 11.0 Å². The summed E-state index contributed by atoms with van der Waals surface area (Å²) in [4.78, 5) is 66.8. The van der Waals surface area contributed by atoms with Gasteiger partial charge in [0, 0.05) is 19.8 Å². The summed E-state index contributed by atoms with van der Waals surface area (Å²) in [5.41, 5.74) is -0.104. The van der Waals surface area contributed by atoms with Gasteiger partial charge >= 0.3 is 18.1 Å². The number of amides is 6. The number of methoxy groups -OCH3 is 3. The number of sulfonamides is 2. The molecule has 2 aromatic heterocycles. The smallest absolute Gasteiger partial charge is 0.335 e. The lowest BCUT2D eigenvalue weighted by atomic mass is 10.2. The van der Waals surface area contributed by atoms with Crippen LogP contribution in [0.25, 0.3) is 0 Å². The standard InChI is InChI=1S/C17H20N6O7S.C12H12ClN5O4S/c1-23(2)15(25)11-6-5-10(18-9-24)7-12(11)31(27,28)22-17(26)21-16-19-13(29-3)8-14(20-16)30-4;1-7-14-10(17-12(15-7)22-2)16-11(19)18-23(20,21)9-6-4-3-5-8(9)13/h5-9H,1-4H3,(H,18,24)(H2,19,20,21,22,26);3-6H,1-2H3,(H2,14,15,16,17,18,19). The largest absolute Gasteiger partial charge is 0.481 e. The van der Waals surface area contributed by atoms with E-state index in [1.165, 1.54) is 71.8 Å². The minimum Gasteiger partial charge on any atom is -0.481 e. The van der Waals surface area contributed by atoms with E-state index in [0.29, 0.717) is 12.2 Å². The molecule has 0 fully saturated rings. The maximum Gasteiger partial charge on any atom is 0.335 e. The van der Waals surface area contributed by atoms with E-state index in [1.54, 1.807) is 17.7 Å². The van der Waals surface area contributed by atoms with Gasteiger partial charge in [0.05, 0.1) is 38.0 Å². The minimum atomic E-state index is -4.54. The summed E-state index contributed by atoms with van der Waals surface area (Å²) in [6.45, 7) is 1.56. The summed E-state index contributed by atoms with van der Waals surface area (Å²) in [6, 6.07) is 8.43. The van der Waals surface area contributed by atoms with Gasteiger partial charge in [0.15, 0.2) is 0 Å². The van der Waals surface area contributed by atoms with Crippen molar-refractivity contribution in [1.82, 2.24) is 39.3 Å². The molecular formula is C29H32ClN11O11S2. The Morgan fingerprint density at radius 2 is 1.30 bits per heavy atom. The van der Waals surface area contributed by atoms with E-state index >= 15 is 0 Å². The topological polar surface area (TPSA) is 292 Å². The number of hydrogen-bond acceptors (Lipinski definition) is 16. The molecule has 54 heavy (non-hydrogen) atoms. The van der Waals surface area contributed by atoms with Crippen molar-refractivity contribution in [1.29, 1.82) is 0 Å². The average molecular weight is 810 g/mol. The third-order valence-corrected chi connectivity index (χ3v) is 9.37. The Bertz CT molecular complexity index is 2240. The molecule has 0 aliphatic rings. The van der Waals surface area contributed by atoms with Gasteiger partial charge in [-0.3, -0.25) is 20.2 Å². The van der Waals surface area contributed by atoms with E-state index < -0.39 is 42.9 Å². The molecule has 0 spiro atoms. The molecule has 25 heteroatoms. The molecule has 2 heterocycles. The molecule has 0 saturated carbocycles. The number of nitrogens with zero attached hydrogens (tertiary/aromatic N) is 6. The average Bonchev–Trinajstić information content (AvgIpc) is 3.10. The highest BCUT2D eigenvalue weighted by Crippen LogP contribution is 2.23. The zero-order valence-electron chi connectivity index (χ0n) is 29.1. The number of aryl methyl sites for hydroxylation is 1. The summed E-state index contributed by atoms with van der Waals surface area (Å²) in [7, 11) is -1.79. The van der Waals surface area contributed by atoms with Crippen molar-refractivity contribution in [3.05, 3.63) is 64.9 Å². The molecule has 5 N–H and O–H groups in total. The summed E-state index contributed by atoms with van der Waals surface area (Å²) >= 11 is 5.81. The molecule has 0 aliphatic carbocycles. The molecule has 0 unspecified atom stereocenters. The number of aromatic nitrogens is 5. The Hall–Kier alpha value is -6.40. The Kier molecular flexibility index (Phi) is 14.3. The van der Waals surface area contributed by atoms with Gasteiger partial charge in [0.1, 0.15) is 15.6 Å². The van der Waals surface area contributed by atoms with Crippen LogP contribution in [0.3, 0.4) is 0 Å². The van der Waals surface area contributed by atoms with Crippen LogP contribution in [0.1, 0.15) is 16.2 Å². The van der Waals surface area contributed by atoms with Crippen LogP contribution in [0.2, 0.25) is 5.02 Å². The van der Waals surface area contributed by atoms with Gasteiger partial charge in [-0.15, -0.1) is 0 Å². The third kappa shape index (κ3) is 11.6. The molecule has 6 amide bonds. The second-order valence-electron chi connectivity index (χ2n) is 10.2. The van der Waals surface area contributed by atoms with Crippen LogP contribution >= 0.6 is 11.6 Å². The molecule has 0 aliphatic heterocycles. The molecule has 0 radical (unpaired) electrons. The van der Waals surface area contributed by atoms with Crippen molar-refractivity contribution in [2.45, 2.75) is 16.7 Å². The first-order chi connectivity index (χ1) is 25.4. The monoisotopic (exact) mass is 809 g/mol. The first-order valence-electron chi connectivity index (χ1n) is 14.6. The fourth-order valence-electron chi connectivity index (χ4n) is 3.86. The van der Waals surface area contributed by atoms with Crippen LogP contribution < -0.4 is 39.6 Å². The zero-order valence-corrected chi connectivity index (χ0v) is 31.5. The normalized spacial score (nSPS) is 10.7. The molecule has 0 atom stereocenters. The Morgan fingerprint density at radius 3 is 1.81 bits per heavy atom. The Morgan fingerprint density at radius 1 is 0.741 bits per heavy atom. The lowest BCUT2D eigenvalue weighted by molar-refractivity contribution is -0.105. The molecule has 22 nitrogen and oxygen atoms in total. The van der Waals surface area contributed by atoms with Gasteiger partial charge in [-0.1, -0.05) is 23.7 Å². The van der Waals surface area contributed by atoms with Gasteiger partial charge in [0.2, 0.25) is 30.1 Å². The van der Waals surface area contributed by atoms with Crippen LogP contribution in [0.15, 0.2) is 58.3 Å². The fraction of sp³-hybridized carbons (Fsp3) is 0.207. The fourth-order valence-corrected chi connectivity index (χ4v) is 6.42. The van der Waals surface area contributed by atoms with E-state index in [2.05, 4.69) is 40.9 Å². The van der Waals surface area contributed by atoms with Crippen molar-refractivity contribution in [2.75, 3.05) is 51.4 Å². The van der Waals surface area contributed by atoms with Crippen LogP contribution in [-0.2, 0) is 24.8 Å². The van der Waals surface area contributed by atoms with Crippen LogP contribution in [-0.4, -0.2) is 106 Å². The molecule has 0 saturated heterocycles. The van der Waals surface area contributed by atoms with Crippen LogP contribution in [0.4, 0.5) is 27.2 Å². The van der Waals surface area contributed by atoms with Gasteiger partial charge in [-0.25, -0.2) is 35.9 Å². The number of ether oxygens (including phenoxy) is 3. The number of rotatable bonds is 12. The Balaban J connectivity index is 0.000000303. The molecular weight excluding hydrogens is 778 g/mol. The van der Waals surface area contributed by atoms with Crippen molar-refractivity contribution in [2.24, 2.45) is 0 Å². The van der Waals surface area contributed by atoms with Gasteiger partial charge in [0.25, 0.3) is 26.0 Å². The van der Waals surface area contributed by atoms with E-state index in [-0.39, 0.29) is 50.8 Å². The molecule has 4 rings (SSSR count). The number of halogens is 1. The van der Waals surface area contributed by atoms with Crippen molar-refractivity contribution in [3.63, 3.8) is 0 Å². The van der Waals surface area contributed by atoms with Crippen molar-refractivity contribution < 1.29 is 50.2 Å². The lowest BCUT2D eigenvalue weighted by Crippen LogP contribution is -2.36. The number of urea groups is 2. The maximum absolute atomic E-state index is 12.8. The number of carbonyl (C=O) groups is 4. The van der Waals surface area contributed by atoms with Crippen molar-refractivity contribution >= 4 is 73.6 Å². The second-order valence-corrected chi connectivity index (χ2v) is 13.9. The highest BCUT2D eigenvalue weighted by atomic mass is 35.5. The van der Waals surface area contributed by atoms with Crippen LogP contribution in [0, 0.1) is 6.92 Å². The SMILES string of the molecule is COc1cc(OC)nc(NC(=O)NS(=O)(=O)c2cc(NC=O)ccc2C(=O)N(C)C)n1.COc1nc(C)nc(NC(=O)NS(=O)(=O)c2ccccc2Cl)n1. The molecule has 2 aromatic carbocycles. The van der Waals surface area contributed by atoms with E-state index in [1.807, 2.05) is 4.72 Å². The number of hydrogen-bond donors (Lipinski definition) is 5. The zero-order chi connectivity index (χ0) is 40.2. The van der Waals surface area contributed by atoms with Crippen LogP contribution in [0.5, 0.6) is 17.8 Å². The third-order valence-electron chi connectivity index (χ3n) is 6.17. The lowest BCUT2D eigenvalue weighted by Gasteiger charge is -2.16. The predicted octanol–water partition coefficient (Wildman–Crippen LogP) is 1.63. The first-order valence-corrected chi connectivity index (χ1v) is 18.0. The van der Waals surface area contributed by atoms with Gasteiger partial charge < -0.3 is 24.4 Å². The van der Waals surface area contributed by atoms with E-state index in [4.69, 9.17) is 25.8 Å². The summed E-state index contributed by atoms with van der Waals surface area (Å²) in [5.74, 6) is -0.639. The number of benzene rings is 2. The first kappa shape index (κ1) is 42.0. The number of carbonyl (C=O) groups excluding carboxylic acids is 4. The van der Waals surface area contributed by atoms with Crippen molar-refractivity contribution in [3.8, 4) is 17.8 Å². The second kappa shape index (κ2) is 18.4. The maximum atomic E-state index is 12.8. The summed E-state index contributed by atoms with van der Waals surface area (Å²) in [6.07, 6.45) is 0.340. The van der Waals surface area contributed by atoms with E-state index in [9.17, 15) is 36.0 Å². The quantitative estimate of drug-likeness (QED) is 0.127. The van der Waals surface area contributed by atoms with Gasteiger partial charge in [-0.2, -0.15) is 24.9 Å². The highest BCUT2D eigenvalue weighted by Gasteiger charge is 2.27. The van der Waals surface area contributed by atoms with Gasteiger partial charge in [-0.05, 0) is 37.3 Å². The molecule has 0 bridgehead atoms. The summed E-state index contributed by atoms with van der Waals surface area (Å²) < 4.78 is 68.2. The molecule has 288 valence electrons. The number of nitrogens with one attached hydrogen (secondary N) is 5. The Labute approximate surface area is 313 Å². The predicted molar refractivity (Wildman–Crippen MR) is 191 cm³/mol.